The number of fused-ring (bicyclic) bond motifs is 1. The number of aromatic nitrogens is 1. The van der Waals surface area contributed by atoms with E-state index in [9.17, 15) is 9.18 Å². The minimum Gasteiger partial charge on any atom is -0.459 e. The minimum absolute atomic E-state index is 0.0725. The number of nitrogens with one attached hydrogen (secondary N) is 1. The van der Waals surface area contributed by atoms with Crippen molar-refractivity contribution in [3.05, 3.63) is 35.1 Å². The molecule has 0 radical (unpaired) electrons. The van der Waals surface area contributed by atoms with Crippen molar-refractivity contribution in [1.82, 2.24) is 10.3 Å². The average molecular weight is 348 g/mol. The molecule has 0 bridgehead atoms. The van der Waals surface area contributed by atoms with Crippen molar-refractivity contribution in [3.63, 3.8) is 0 Å². The van der Waals surface area contributed by atoms with Crippen molar-refractivity contribution < 1.29 is 13.9 Å². The fourth-order valence-corrected chi connectivity index (χ4v) is 3.88. The molecular formula is C18H21FN2O2S. The van der Waals surface area contributed by atoms with Crippen LogP contribution in [-0.4, -0.2) is 29.1 Å². The van der Waals surface area contributed by atoms with Crippen LogP contribution in [0.1, 0.15) is 32.7 Å². The third-order valence-corrected chi connectivity index (χ3v) is 4.94. The van der Waals surface area contributed by atoms with E-state index in [1.807, 2.05) is 39.8 Å². The van der Waals surface area contributed by atoms with E-state index < -0.39 is 11.5 Å². The third-order valence-electron chi connectivity index (χ3n) is 3.87. The van der Waals surface area contributed by atoms with Crippen molar-refractivity contribution in [2.75, 3.05) is 6.54 Å². The van der Waals surface area contributed by atoms with E-state index in [1.54, 1.807) is 6.07 Å². The average Bonchev–Trinajstić information content (AvgIpc) is 2.90. The topological polar surface area (TPSA) is 51.2 Å². The van der Waals surface area contributed by atoms with Crippen LogP contribution in [0.2, 0.25) is 0 Å². The number of rotatable bonds is 2. The van der Waals surface area contributed by atoms with Gasteiger partial charge in [0.1, 0.15) is 21.9 Å². The maximum atomic E-state index is 13.9. The number of carbonyl (C=O) groups excluding carboxylic acids is 1. The van der Waals surface area contributed by atoms with Gasteiger partial charge in [-0.15, -0.1) is 11.3 Å². The summed E-state index contributed by atoms with van der Waals surface area (Å²) in [5.74, 6) is -1.08. The summed E-state index contributed by atoms with van der Waals surface area (Å²) < 4.78 is 20.3. The molecule has 1 aromatic heterocycles. The first kappa shape index (κ1) is 17.0. The number of ether oxygens (including phenoxy) is 1. The molecule has 1 aliphatic rings. The fourth-order valence-electron chi connectivity index (χ4n) is 2.82. The molecule has 0 saturated heterocycles. The highest BCUT2D eigenvalue weighted by Crippen LogP contribution is 2.36. The van der Waals surface area contributed by atoms with Gasteiger partial charge in [0.2, 0.25) is 0 Å². The maximum Gasteiger partial charge on any atom is 0.315 e. The Bertz CT molecular complexity index is 807. The van der Waals surface area contributed by atoms with Gasteiger partial charge in [0.05, 0.1) is 10.6 Å². The summed E-state index contributed by atoms with van der Waals surface area (Å²) >= 11 is 1.40. The van der Waals surface area contributed by atoms with Crippen LogP contribution in [0.15, 0.2) is 24.3 Å². The number of halogens is 1. The molecule has 2 heterocycles. The van der Waals surface area contributed by atoms with Crippen LogP contribution in [0.25, 0.3) is 15.8 Å². The highest BCUT2D eigenvalue weighted by atomic mass is 32.1. The van der Waals surface area contributed by atoms with Crippen LogP contribution in [0.5, 0.6) is 0 Å². The number of hydrogen-bond acceptors (Lipinski definition) is 5. The molecule has 1 N–H and O–H groups in total. The van der Waals surface area contributed by atoms with Gasteiger partial charge in [-0.25, -0.2) is 9.37 Å². The molecular weight excluding hydrogens is 327 g/mol. The van der Waals surface area contributed by atoms with Crippen molar-refractivity contribution in [1.29, 1.82) is 0 Å². The van der Waals surface area contributed by atoms with Crippen LogP contribution < -0.4 is 5.32 Å². The molecule has 1 aliphatic heterocycles. The smallest absolute Gasteiger partial charge is 0.315 e. The van der Waals surface area contributed by atoms with Gasteiger partial charge < -0.3 is 10.1 Å². The van der Waals surface area contributed by atoms with E-state index >= 15 is 0 Å². The van der Waals surface area contributed by atoms with Gasteiger partial charge in [-0.1, -0.05) is 12.1 Å². The number of esters is 1. The van der Waals surface area contributed by atoms with E-state index in [4.69, 9.17) is 4.74 Å². The van der Waals surface area contributed by atoms with E-state index in [2.05, 4.69) is 10.3 Å². The number of benzene rings is 1. The largest absolute Gasteiger partial charge is 0.459 e. The predicted molar refractivity (Wildman–Crippen MR) is 94.4 cm³/mol. The van der Waals surface area contributed by atoms with E-state index in [-0.39, 0.29) is 17.8 Å². The number of nitrogens with zero attached hydrogens (tertiary/aromatic N) is 1. The van der Waals surface area contributed by atoms with Crippen molar-refractivity contribution >= 4 is 33.1 Å². The molecule has 6 heteroatoms. The lowest BCUT2D eigenvalue weighted by atomic mass is 9.89. The molecule has 0 amide bonds. The van der Waals surface area contributed by atoms with Gasteiger partial charge in [0.25, 0.3) is 0 Å². The minimum atomic E-state index is -0.556. The van der Waals surface area contributed by atoms with Crippen molar-refractivity contribution in [2.45, 2.75) is 39.3 Å². The van der Waals surface area contributed by atoms with Crippen LogP contribution in [-0.2, 0) is 9.53 Å². The molecule has 3 rings (SSSR count). The molecule has 1 aromatic carbocycles. The summed E-state index contributed by atoms with van der Waals surface area (Å²) in [6.07, 6.45) is 1.95. The maximum absolute atomic E-state index is 13.9. The summed E-state index contributed by atoms with van der Waals surface area (Å²) in [4.78, 5) is 17.1. The Morgan fingerprint density at radius 3 is 2.83 bits per heavy atom. The van der Waals surface area contributed by atoms with Gasteiger partial charge in [0, 0.05) is 18.2 Å². The van der Waals surface area contributed by atoms with E-state index in [0.717, 1.165) is 10.3 Å². The number of para-hydroxylation sites is 1. The Morgan fingerprint density at radius 1 is 1.42 bits per heavy atom. The summed E-state index contributed by atoms with van der Waals surface area (Å²) in [5.41, 5.74) is 0.614. The molecule has 4 nitrogen and oxygen atoms in total. The quantitative estimate of drug-likeness (QED) is 0.840. The van der Waals surface area contributed by atoms with Gasteiger partial charge in [-0.2, -0.15) is 0 Å². The van der Waals surface area contributed by atoms with Crippen LogP contribution in [0.3, 0.4) is 0 Å². The highest BCUT2D eigenvalue weighted by Gasteiger charge is 2.36. The normalized spacial score (nSPS) is 21.6. The van der Waals surface area contributed by atoms with Crippen LogP contribution in [0, 0.1) is 11.7 Å². The Hall–Kier alpha value is -1.79. The lowest BCUT2D eigenvalue weighted by molar-refractivity contribution is -0.158. The second-order valence-electron chi connectivity index (χ2n) is 6.97. The molecule has 0 aliphatic carbocycles. The summed E-state index contributed by atoms with van der Waals surface area (Å²) in [5, 5.41) is 3.95. The Balaban J connectivity index is 2.00. The first-order valence-corrected chi connectivity index (χ1v) is 8.79. The second-order valence-corrected chi connectivity index (χ2v) is 8.00. The third kappa shape index (κ3) is 3.35. The zero-order valence-electron chi connectivity index (χ0n) is 14.2. The monoisotopic (exact) mass is 348 g/mol. The van der Waals surface area contributed by atoms with E-state index in [0.29, 0.717) is 17.1 Å². The first-order valence-electron chi connectivity index (χ1n) is 7.98. The lowest BCUT2D eigenvalue weighted by Gasteiger charge is -2.31. The molecule has 2 unspecified atom stereocenters. The fraction of sp³-hybridized carbons (Fsp3) is 0.444. The Labute approximate surface area is 144 Å². The molecule has 2 atom stereocenters. The summed E-state index contributed by atoms with van der Waals surface area (Å²) in [6, 6.07) is 4.84. The number of carbonyl (C=O) groups is 1. The molecule has 24 heavy (non-hydrogen) atoms. The highest BCUT2D eigenvalue weighted by molar-refractivity contribution is 7.19. The van der Waals surface area contributed by atoms with Gasteiger partial charge in [-0.3, -0.25) is 4.79 Å². The summed E-state index contributed by atoms with van der Waals surface area (Å²) in [6.45, 7) is 8.15. The number of hydrogen-bond donors (Lipinski definition) is 1. The van der Waals surface area contributed by atoms with Crippen LogP contribution in [0.4, 0.5) is 4.39 Å². The Morgan fingerprint density at radius 2 is 2.17 bits per heavy atom. The lowest BCUT2D eigenvalue weighted by Crippen LogP contribution is -2.44. The summed E-state index contributed by atoms with van der Waals surface area (Å²) in [7, 11) is 0. The predicted octanol–water partition coefficient (Wildman–Crippen LogP) is 3.77. The second kappa shape index (κ2) is 6.26. The molecule has 0 saturated carbocycles. The molecule has 128 valence electrons. The van der Waals surface area contributed by atoms with Crippen LogP contribution >= 0.6 is 11.3 Å². The molecule has 0 fully saturated rings. The molecule has 2 aromatic rings. The molecule has 0 spiro atoms. The van der Waals surface area contributed by atoms with Gasteiger partial charge in [-0.05, 0) is 39.8 Å². The Kier molecular flexibility index (Phi) is 4.44. The van der Waals surface area contributed by atoms with Gasteiger partial charge in [0.15, 0.2) is 0 Å². The SMILES string of the molecule is CC1NCC=C(c2nc3c(F)cccc3s2)C1C(=O)OC(C)(C)C. The first-order chi connectivity index (χ1) is 11.3. The standard InChI is InChI=1S/C18H21FN2O2S/c1-10-14(17(22)23-18(2,3)4)11(8-9-20-10)16-21-15-12(19)6-5-7-13(15)24-16/h5-8,10,14,20H,9H2,1-4H3. The van der Waals surface area contributed by atoms with Gasteiger partial charge >= 0.3 is 5.97 Å². The zero-order chi connectivity index (χ0) is 17.5. The van der Waals surface area contributed by atoms with Crippen molar-refractivity contribution in [2.24, 2.45) is 5.92 Å². The van der Waals surface area contributed by atoms with E-state index in [1.165, 1.54) is 17.4 Å². The zero-order valence-corrected chi connectivity index (χ0v) is 15.0. The van der Waals surface area contributed by atoms with Crippen molar-refractivity contribution in [3.8, 4) is 0 Å². The number of thiazole rings is 1.